The van der Waals surface area contributed by atoms with Crippen molar-refractivity contribution in [3.8, 4) is 33.8 Å². The summed E-state index contributed by atoms with van der Waals surface area (Å²) in [4.78, 5) is 27.1. The Morgan fingerprint density at radius 3 is 1.58 bits per heavy atom. The Balaban J connectivity index is 0.000000167. The molecule has 0 spiro atoms. The zero-order valence-electron chi connectivity index (χ0n) is 40.9. The van der Waals surface area contributed by atoms with Crippen LogP contribution in [0.3, 0.4) is 0 Å². The summed E-state index contributed by atoms with van der Waals surface area (Å²) >= 11 is 0. The van der Waals surface area contributed by atoms with Gasteiger partial charge in [-0.3, -0.25) is 19.4 Å². The highest BCUT2D eigenvalue weighted by atomic mass is 16.5. The van der Waals surface area contributed by atoms with E-state index in [0.717, 1.165) is 76.0 Å². The molecule has 6 aromatic carbocycles. The van der Waals surface area contributed by atoms with E-state index in [1.165, 1.54) is 12.3 Å². The number of anilines is 2. The molecule has 10 rings (SSSR count). The van der Waals surface area contributed by atoms with Gasteiger partial charge in [-0.25, -0.2) is 0 Å². The van der Waals surface area contributed by atoms with Crippen molar-refractivity contribution in [2.45, 2.75) is 77.4 Å². The number of fused-ring (bicyclic) bond motifs is 4. The van der Waals surface area contributed by atoms with E-state index in [-0.39, 0.29) is 68.1 Å². The van der Waals surface area contributed by atoms with Gasteiger partial charge in [-0.2, -0.15) is 0 Å². The number of hydrogen-bond acceptors (Lipinski definition) is 14. The molecular weight excluding hydrogens is 929 g/mol. The number of aliphatic hydroxyl groups is 6. The topological polar surface area (TPSA) is 250 Å². The van der Waals surface area contributed by atoms with E-state index in [2.05, 4.69) is 26.9 Å². The molecule has 0 saturated carbocycles. The normalized spacial score (nSPS) is 16.3. The minimum absolute atomic E-state index is 0.00960. The van der Waals surface area contributed by atoms with Gasteiger partial charge in [0, 0.05) is 64.9 Å². The fourth-order valence-electron chi connectivity index (χ4n) is 10.9. The number of hydrogen-bond donors (Lipinski definition) is 10. The third-order valence-corrected chi connectivity index (χ3v) is 14.5. The molecule has 1 amide bonds. The van der Waals surface area contributed by atoms with Gasteiger partial charge in [-0.05, 0) is 142 Å². The lowest BCUT2D eigenvalue weighted by Crippen LogP contribution is -2.36. The van der Waals surface area contributed by atoms with E-state index in [0.29, 0.717) is 75.2 Å². The highest BCUT2D eigenvalue weighted by molar-refractivity contribution is 6.04. The van der Waals surface area contributed by atoms with Gasteiger partial charge >= 0.3 is 0 Å². The van der Waals surface area contributed by atoms with Gasteiger partial charge in [0.05, 0.1) is 45.9 Å². The maximum Gasteiger partial charge on any atom is 0.297 e. The molecule has 2 heterocycles. The Kier molecular flexibility index (Phi) is 16.5. The molecule has 15 heteroatoms. The van der Waals surface area contributed by atoms with Crippen molar-refractivity contribution in [3.63, 3.8) is 0 Å². The van der Waals surface area contributed by atoms with Gasteiger partial charge in [0.25, 0.3) is 6.47 Å². The number of amides is 1. The number of nitrogen functional groups attached to an aromatic ring is 1. The minimum atomic E-state index is -0.415. The van der Waals surface area contributed by atoms with Crippen LogP contribution < -0.4 is 11.1 Å². The van der Waals surface area contributed by atoms with Gasteiger partial charge in [-0.15, -0.1) is 0 Å². The Hall–Kier alpha value is -7.18. The van der Waals surface area contributed by atoms with E-state index >= 15 is 0 Å². The van der Waals surface area contributed by atoms with Crippen LogP contribution in [0.4, 0.5) is 11.4 Å². The molecule has 0 aromatic heterocycles. The number of nitrogens with two attached hydrogens (primary N) is 1. The molecule has 2 atom stereocenters. The first-order valence-corrected chi connectivity index (χ1v) is 24.2. The number of aliphatic hydroxyl groups excluding tert-OH is 6. The monoisotopic (exact) mass is 990 g/mol. The van der Waals surface area contributed by atoms with Crippen molar-refractivity contribution in [2.75, 3.05) is 38.2 Å². The molecule has 0 bridgehead atoms. The largest absolute Gasteiger partial charge is 0.507 e. The number of likely N-dealkylation sites (N-methyl/N-ethyl adjacent to an activating group) is 2. The standard InChI is InChI=1S/C29H30N2O5.C20H24N2O4.C9H8O2/c1-31-10-9-18-11-19(14-32)22(16-34)27-26(18)24(31)13-21-23(12-20(15-33)29(36)28(21)27)30-25(35)8-7-17-5-3-2-4-6-17;1-22-3-2-10-4-11(7-23)14(9-25)18-17(10)16(22)6-13-15(21)5-12(8-24)20(26)19(13)18;10-8-11-7-6-9-4-2-1-3-5-9/h2-8,11-12,24,32-34,36H,9-10,13-16H2,1H3,(H,30,35);4-5,16,23-26H,2-3,6-9,21H2,1H3;1-8H/b8-7+;;7-6+. The van der Waals surface area contributed by atoms with Crippen LogP contribution in [0.15, 0.2) is 97.3 Å². The second-order valence-electron chi connectivity index (χ2n) is 18.6. The number of nitrogens with zero attached hydrogens (tertiary/aromatic N) is 2. The average molecular weight is 991 g/mol. The molecule has 380 valence electrons. The van der Waals surface area contributed by atoms with Gasteiger partial charge in [-0.1, -0.05) is 72.8 Å². The zero-order valence-corrected chi connectivity index (χ0v) is 40.9. The smallest absolute Gasteiger partial charge is 0.297 e. The van der Waals surface area contributed by atoms with Gasteiger partial charge in [0.15, 0.2) is 0 Å². The van der Waals surface area contributed by atoms with Crippen molar-refractivity contribution in [2.24, 2.45) is 0 Å². The van der Waals surface area contributed by atoms with E-state index in [1.54, 1.807) is 24.3 Å². The molecule has 11 N–H and O–H groups in total. The molecule has 2 unspecified atom stereocenters. The lowest BCUT2D eigenvalue weighted by Gasteiger charge is -2.42. The number of benzene rings is 6. The average Bonchev–Trinajstić information content (AvgIpc) is 3.42. The van der Waals surface area contributed by atoms with Crippen LogP contribution in [0, 0.1) is 0 Å². The van der Waals surface area contributed by atoms with Crippen LogP contribution in [-0.2, 0) is 79.7 Å². The predicted octanol–water partition coefficient (Wildman–Crippen LogP) is 6.31. The van der Waals surface area contributed by atoms with Crippen molar-refractivity contribution in [1.29, 1.82) is 0 Å². The maximum atomic E-state index is 12.9. The highest BCUT2D eigenvalue weighted by Gasteiger charge is 2.40. The van der Waals surface area contributed by atoms with E-state index in [9.17, 15) is 50.4 Å². The molecule has 2 aliphatic carbocycles. The molecule has 15 nitrogen and oxygen atoms in total. The Labute approximate surface area is 424 Å². The summed E-state index contributed by atoms with van der Waals surface area (Å²) in [5, 5.41) is 85.0. The molecule has 0 fully saturated rings. The predicted molar refractivity (Wildman–Crippen MR) is 279 cm³/mol. The summed E-state index contributed by atoms with van der Waals surface area (Å²) < 4.78 is 4.38. The molecule has 73 heavy (non-hydrogen) atoms. The molecule has 6 aromatic rings. The van der Waals surface area contributed by atoms with Crippen LogP contribution in [0.5, 0.6) is 11.5 Å². The van der Waals surface area contributed by atoms with Crippen molar-refractivity contribution >= 4 is 35.9 Å². The number of carbonyl (C=O) groups excluding carboxylic acids is 2. The number of nitrogens with one attached hydrogen (secondary N) is 1. The van der Waals surface area contributed by atoms with E-state index < -0.39 is 6.61 Å². The number of ether oxygens (including phenoxy) is 1. The van der Waals surface area contributed by atoms with Gasteiger partial charge < -0.3 is 56.6 Å². The van der Waals surface area contributed by atoms with Crippen molar-refractivity contribution in [3.05, 3.63) is 175 Å². The second-order valence-corrected chi connectivity index (χ2v) is 18.6. The Bertz CT molecular complexity index is 3070. The van der Waals surface area contributed by atoms with Crippen molar-refractivity contribution in [1.82, 2.24) is 9.80 Å². The first kappa shape index (κ1) is 52.2. The second kappa shape index (κ2) is 23.1. The van der Waals surface area contributed by atoms with Crippen LogP contribution in [-0.4, -0.2) is 90.2 Å². The molecule has 0 saturated heterocycles. The minimum Gasteiger partial charge on any atom is -0.507 e. The lowest BCUT2D eigenvalue weighted by atomic mass is 9.73. The number of carbonyl (C=O) groups is 2. The molecule has 0 radical (unpaired) electrons. The Morgan fingerprint density at radius 2 is 1.10 bits per heavy atom. The number of phenols is 2. The van der Waals surface area contributed by atoms with Gasteiger partial charge in [0.1, 0.15) is 11.5 Å². The summed E-state index contributed by atoms with van der Waals surface area (Å²) in [5.74, 6) is -0.384. The van der Waals surface area contributed by atoms with Crippen molar-refractivity contribution < 1.29 is 55.2 Å². The molecule has 2 aliphatic heterocycles. The van der Waals surface area contributed by atoms with Crippen LogP contribution in [0.2, 0.25) is 0 Å². The SMILES string of the molecule is CN1CCc2cc(CO)c(CO)c3c2C1Cc1c(N)cc(CO)c(O)c1-3.CN1CCc2cc(CO)c(CO)c3c2C1Cc1c(NC(=O)/C=C/c2ccccc2)cc(CO)c(O)c1-3.O=CO/C=C/c1ccccc1. The Morgan fingerprint density at radius 1 is 0.630 bits per heavy atom. The number of rotatable bonds is 12. The summed E-state index contributed by atoms with van der Waals surface area (Å²) in [6.45, 7) is 0.427. The summed E-state index contributed by atoms with van der Waals surface area (Å²) in [7, 11) is 4.11. The van der Waals surface area contributed by atoms with Crippen LogP contribution in [0.25, 0.3) is 34.4 Å². The lowest BCUT2D eigenvalue weighted by molar-refractivity contribution is -0.123. The zero-order chi connectivity index (χ0) is 51.9. The third-order valence-electron chi connectivity index (χ3n) is 14.5. The van der Waals surface area contributed by atoms with Crippen LogP contribution in [0.1, 0.15) is 90.0 Å². The third kappa shape index (κ3) is 10.4. The summed E-state index contributed by atoms with van der Waals surface area (Å²) in [6.07, 6.45) is 9.10. The van der Waals surface area contributed by atoms with Crippen LogP contribution >= 0.6 is 0 Å². The summed E-state index contributed by atoms with van der Waals surface area (Å²) in [6, 6.07) is 26.4. The van der Waals surface area contributed by atoms with Gasteiger partial charge in [0.2, 0.25) is 5.91 Å². The summed E-state index contributed by atoms with van der Waals surface area (Å²) in [5.41, 5.74) is 20.8. The first-order valence-electron chi connectivity index (χ1n) is 24.2. The fraction of sp³-hybridized carbons (Fsp3) is 0.276. The van der Waals surface area contributed by atoms with E-state index in [1.807, 2.05) is 79.8 Å². The fourth-order valence-corrected chi connectivity index (χ4v) is 10.9. The molecular formula is C58H62N4O11. The molecule has 4 aliphatic rings. The van der Waals surface area contributed by atoms with E-state index in [4.69, 9.17) is 5.73 Å². The highest BCUT2D eigenvalue weighted by Crippen LogP contribution is 2.54. The first-order chi connectivity index (χ1) is 35.4. The number of aromatic hydroxyl groups is 2. The quantitative estimate of drug-likeness (QED) is 0.0212. The maximum absolute atomic E-state index is 12.9.